The molecule has 154 valence electrons. The Morgan fingerprint density at radius 2 is 1.83 bits per heavy atom. The zero-order chi connectivity index (χ0) is 20.6. The highest BCUT2D eigenvalue weighted by atomic mass is 35.5. The number of nitrogens with one attached hydrogen (secondary N) is 1. The van der Waals surface area contributed by atoms with Crippen LogP contribution in [0.25, 0.3) is 0 Å². The molecule has 0 saturated carbocycles. The van der Waals surface area contributed by atoms with Gasteiger partial charge in [0.2, 0.25) is 5.91 Å². The first-order valence-corrected chi connectivity index (χ1v) is 11.1. The zero-order valence-corrected chi connectivity index (χ0v) is 18.0. The van der Waals surface area contributed by atoms with Crippen molar-refractivity contribution in [3.63, 3.8) is 0 Å². The molecule has 0 aromatic heterocycles. The van der Waals surface area contributed by atoms with Crippen LogP contribution in [0.2, 0.25) is 5.02 Å². The average Bonchev–Trinajstić information content (AvgIpc) is 2.74. The maximum absolute atomic E-state index is 12.6. The minimum Gasteiger partial charge on any atom is -0.497 e. The summed E-state index contributed by atoms with van der Waals surface area (Å²) in [4.78, 5) is 27.8. The van der Waals surface area contributed by atoms with Gasteiger partial charge < -0.3 is 15.0 Å². The molecule has 3 rings (SSSR count). The monoisotopic (exact) mass is 432 g/mol. The predicted molar refractivity (Wildman–Crippen MR) is 118 cm³/mol. The van der Waals surface area contributed by atoms with E-state index in [1.807, 2.05) is 29.2 Å². The summed E-state index contributed by atoms with van der Waals surface area (Å²) in [7, 11) is 1.63. The van der Waals surface area contributed by atoms with E-state index in [4.69, 9.17) is 16.3 Å². The summed E-state index contributed by atoms with van der Waals surface area (Å²) >= 11 is 7.93. The number of halogens is 1. The van der Waals surface area contributed by atoms with Gasteiger partial charge in [0, 0.05) is 35.8 Å². The Morgan fingerprint density at radius 1 is 1.10 bits per heavy atom. The Kier molecular flexibility index (Phi) is 7.83. The van der Waals surface area contributed by atoms with E-state index >= 15 is 0 Å². The average molecular weight is 433 g/mol. The fourth-order valence-electron chi connectivity index (χ4n) is 3.19. The summed E-state index contributed by atoms with van der Waals surface area (Å²) in [5.74, 6) is 1.35. The van der Waals surface area contributed by atoms with Crippen molar-refractivity contribution < 1.29 is 14.3 Å². The number of benzene rings is 2. The number of methoxy groups -OCH3 is 1. The molecule has 0 radical (unpaired) electrons. The predicted octanol–water partition coefficient (Wildman–Crippen LogP) is 5.10. The molecule has 1 fully saturated rings. The van der Waals surface area contributed by atoms with Crippen molar-refractivity contribution in [3.05, 3.63) is 53.1 Å². The number of carbonyl (C=O) groups excluding carboxylic acids is 2. The van der Waals surface area contributed by atoms with Crippen LogP contribution in [-0.4, -0.2) is 42.7 Å². The third-order valence-electron chi connectivity index (χ3n) is 4.78. The second-order valence-electron chi connectivity index (χ2n) is 6.87. The lowest BCUT2D eigenvalue weighted by atomic mass is 10.1. The van der Waals surface area contributed by atoms with Gasteiger partial charge in [-0.3, -0.25) is 9.59 Å². The maximum Gasteiger partial charge on any atom is 0.255 e. The van der Waals surface area contributed by atoms with Crippen LogP contribution in [-0.2, 0) is 4.79 Å². The van der Waals surface area contributed by atoms with E-state index < -0.39 is 0 Å². The minimum absolute atomic E-state index is 0.0385. The van der Waals surface area contributed by atoms with Gasteiger partial charge in [-0.15, -0.1) is 11.8 Å². The van der Waals surface area contributed by atoms with Crippen molar-refractivity contribution in [2.75, 3.05) is 31.3 Å². The molecule has 2 amide bonds. The van der Waals surface area contributed by atoms with Crippen LogP contribution in [0.5, 0.6) is 5.75 Å². The number of piperidine rings is 1. The zero-order valence-electron chi connectivity index (χ0n) is 16.4. The molecule has 2 aromatic rings. The molecular weight excluding hydrogens is 408 g/mol. The molecule has 0 spiro atoms. The Balaban J connectivity index is 1.49. The lowest BCUT2D eigenvalue weighted by Crippen LogP contribution is -2.35. The van der Waals surface area contributed by atoms with Crippen LogP contribution >= 0.6 is 23.4 Å². The minimum atomic E-state index is -0.0859. The second-order valence-corrected chi connectivity index (χ2v) is 8.45. The molecule has 1 saturated heterocycles. The highest BCUT2D eigenvalue weighted by Crippen LogP contribution is 2.25. The van der Waals surface area contributed by atoms with Crippen LogP contribution in [0.15, 0.2) is 47.4 Å². The lowest BCUT2D eigenvalue weighted by Gasteiger charge is -2.27. The number of ether oxygens (including phenoxy) is 1. The summed E-state index contributed by atoms with van der Waals surface area (Å²) in [6, 6.07) is 12.8. The highest BCUT2D eigenvalue weighted by Gasteiger charge is 2.20. The topological polar surface area (TPSA) is 58.6 Å². The smallest absolute Gasteiger partial charge is 0.255 e. The largest absolute Gasteiger partial charge is 0.497 e. The number of hydrogen-bond acceptors (Lipinski definition) is 4. The van der Waals surface area contributed by atoms with Crippen LogP contribution in [0.1, 0.15) is 36.0 Å². The van der Waals surface area contributed by atoms with Crippen molar-refractivity contribution in [2.45, 2.75) is 30.6 Å². The lowest BCUT2D eigenvalue weighted by molar-refractivity contribution is -0.115. The number of amides is 2. The van der Waals surface area contributed by atoms with Gasteiger partial charge in [0.25, 0.3) is 5.91 Å². The number of nitrogens with zero attached hydrogens (tertiary/aromatic N) is 1. The number of anilines is 1. The molecule has 2 aromatic carbocycles. The summed E-state index contributed by atoms with van der Waals surface area (Å²) in [5.41, 5.74) is 1.09. The molecule has 29 heavy (non-hydrogen) atoms. The number of likely N-dealkylation sites (tertiary alicyclic amines) is 1. The molecule has 0 atom stereocenters. The number of carbonyl (C=O) groups is 2. The molecule has 1 aliphatic rings. The number of hydrogen-bond donors (Lipinski definition) is 1. The molecule has 1 N–H and O–H groups in total. The van der Waals surface area contributed by atoms with Crippen molar-refractivity contribution in [1.29, 1.82) is 0 Å². The van der Waals surface area contributed by atoms with E-state index in [-0.39, 0.29) is 11.8 Å². The fraction of sp³-hybridized carbons (Fsp3) is 0.364. The van der Waals surface area contributed by atoms with Crippen LogP contribution < -0.4 is 10.1 Å². The van der Waals surface area contributed by atoms with E-state index in [0.717, 1.165) is 36.6 Å². The number of rotatable bonds is 7. The van der Waals surface area contributed by atoms with E-state index in [1.54, 1.807) is 37.1 Å². The van der Waals surface area contributed by atoms with Gasteiger partial charge in [-0.2, -0.15) is 0 Å². The Bertz CT molecular complexity index is 852. The molecule has 5 nitrogen and oxygen atoms in total. The van der Waals surface area contributed by atoms with E-state index in [9.17, 15) is 9.59 Å². The standard InChI is InChI=1S/C22H25ClN2O3S/c1-28-17-6-8-18(9-7-17)29-14-11-21(26)24-16-5-10-19(20(23)15-16)22(27)25-12-3-2-4-13-25/h5-10,15H,2-4,11-14H2,1H3,(H,24,26). The first-order valence-electron chi connectivity index (χ1n) is 9.72. The normalized spacial score (nSPS) is 13.8. The summed E-state index contributed by atoms with van der Waals surface area (Å²) in [6.07, 6.45) is 3.61. The molecule has 7 heteroatoms. The van der Waals surface area contributed by atoms with Crippen LogP contribution in [0.3, 0.4) is 0 Å². The van der Waals surface area contributed by atoms with Gasteiger partial charge in [-0.1, -0.05) is 11.6 Å². The van der Waals surface area contributed by atoms with E-state index in [0.29, 0.717) is 28.4 Å². The second kappa shape index (κ2) is 10.6. The van der Waals surface area contributed by atoms with Crippen LogP contribution in [0.4, 0.5) is 5.69 Å². The van der Waals surface area contributed by atoms with Gasteiger partial charge in [0.15, 0.2) is 0 Å². The molecule has 0 bridgehead atoms. The first-order chi connectivity index (χ1) is 14.1. The van der Waals surface area contributed by atoms with Gasteiger partial charge in [0.1, 0.15) is 5.75 Å². The Hall–Kier alpha value is -2.18. The summed E-state index contributed by atoms with van der Waals surface area (Å²) in [6.45, 7) is 1.55. The van der Waals surface area contributed by atoms with E-state index in [2.05, 4.69) is 5.32 Å². The van der Waals surface area contributed by atoms with E-state index in [1.165, 1.54) is 6.42 Å². The fourth-order valence-corrected chi connectivity index (χ4v) is 4.30. The summed E-state index contributed by atoms with van der Waals surface area (Å²) < 4.78 is 5.14. The van der Waals surface area contributed by atoms with Gasteiger partial charge >= 0.3 is 0 Å². The van der Waals surface area contributed by atoms with Crippen LogP contribution in [0, 0.1) is 0 Å². The quantitative estimate of drug-likeness (QED) is 0.618. The van der Waals surface area contributed by atoms with Crippen molar-refractivity contribution in [3.8, 4) is 5.75 Å². The van der Waals surface area contributed by atoms with Gasteiger partial charge in [-0.25, -0.2) is 0 Å². The third kappa shape index (κ3) is 6.15. The van der Waals surface area contributed by atoms with Gasteiger partial charge in [-0.05, 0) is 61.7 Å². The van der Waals surface area contributed by atoms with Crippen molar-refractivity contribution >= 4 is 40.9 Å². The maximum atomic E-state index is 12.6. The number of thioether (sulfide) groups is 1. The highest BCUT2D eigenvalue weighted by molar-refractivity contribution is 7.99. The Labute approximate surface area is 180 Å². The summed E-state index contributed by atoms with van der Waals surface area (Å²) in [5, 5.41) is 3.22. The molecule has 0 unspecified atom stereocenters. The molecule has 1 aliphatic heterocycles. The van der Waals surface area contributed by atoms with Gasteiger partial charge in [0.05, 0.1) is 17.7 Å². The Morgan fingerprint density at radius 3 is 2.48 bits per heavy atom. The molecule has 1 heterocycles. The molecule has 0 aliphatic carbocycles. The van der Waals surface area contributed by atoms with Crippen molar-refractivity contribution in [1.82, 2.24) is 4.90 Å². The first kappa shape index (κ1) is 21.5. The SMILES string of the molecule is COc1ccc(SCCC(=O)Nc2ccc(C(=O)N3CCCCC3)c(Cl)c2)cc1. The third-order valence-corrected chi connectivity index (χ3v) is 6.11. The van der Waals surface area contributed by atoms with Crippen molar-refractivity contribution in [2.24, 2.45) is 0 Å². The molecular formula is C22H25ClN2O3S.